The van der Waals surface area contributed by atoms with Gasteiger partial charge in [-0.1, -0.05) is 5.92 Å². The van der Waals surface area contributed by atoms with Crippen molar-refractivity contribution in [1.82, 2.24) is 19.7 Å². The number of nitrogens with one attached hydrogen (secondary N) is 1. The first-order valence-corrected chi connectivity index (χ1v) is 6.85. The van der Waals surface area contributed by atoms with Crippen molar-refractivity contribution in [2.45, 2.75) is 37.6 Å². The van der Waals surface area contributed by atoms with E-state index in [0.29, 0.717) is 11.0 Å². The number of aliphatic hydroxyl groups is 3. The van der Waals surface area contributed by atoms with E-state index in [9.17, 15) is 15.3 Å². The van der Waals surface area contributed by atoms with Crippen LogP contribution in [0.1, 0.15) is 13.2 Å². The molecule has 5 atom stereocenters. The molecule has 0 radical (unpaired) electrons. The van der Waals surface area contributed by atoms with Gasteiger partial charge in [-0.2, -0.15) is 10.2 Å². The molecule has 6 N–H and O–H groups in total. The van der Waals surface area contributed by atoms with Gasteiger partial charge in [-0.05, 0) is 6.92 Å². The summed E-state index contributed by atoms with van der Waals surface area (Å²) in [6.07, 6.45) is -3.06. The predicted molar refractivity (Wildman–Crippen MR) is 77.0 cm³/mol. The molecule has 1 saturated heterocycles. The van der Waals surface area contributed by atoms with Gasteiger partial charge in [-0.25, -0.2) is 9.67 Å². The largest absolute Gasteiger partial charge is 0.387 e. The fourth-order valence-corrected chi connectivity index (χ4v) is 2.57. The zero-order valence-corrected chi connectivity index (χ0v) is 12.2. The first-order valence-electron chi connectivity index (χ1n) is 6.85. The van der Waals surface area contributed by atoms with Crippen molar-refractivity contribution in [3.05, 3.63) is 18.0 Å². The molecule has 1 aliphatic rings. The summed E-state index contributed by atoms with van der Waals surface area (Å²) in [7, 11) is 0. The van der Waals surface area contributed by atoms with E-state index >= 15 is 0 Å². The van der Waals surface area contributed by atoms with Gasteiger partial charge in [0.2, 0.25) is 0 Å². The van der Waals surface area contributed by atoms with Crippen LogP contribution in [0.3, 0.4) is 0 Å². The third-order valence-electron chi connectivity index (χ3n) is 3.67. The van der Waals surface area contributed by atoms with Crippen LogP contribution in [-0.4, -0.2) is 59.5 Å². The number of aliphatic hydroxyl groups excluding tert-OH is 3. The molecular weight excluding hydrogens is 304 g/mol. The Morgan fingerprint density at radius 2 is 2.26 bits per heavy atom. The zero-order chi connectivity index (χ0) is 16.6. The van der Waals surface area contributed by atoms with Crippen LogP contribution in [0.4, 0.5) is 0 Å². The van der Waals surface area contributed by atoms with Gasteiger partial charge >= 0.3 is 0 Å². The van der Waals surface area contributed by atoms with Gasteiger partial charge in [0.25, 0.3) is 0 Å². The maximum atomic E-state index is 10.2. The number of aromatic amines is 1. The SMILES string of the molecule is CC#CC(O)[C@H]1O[C@@H](n2ncc3c(=NN)nc[nH]c32)[C@H](O)[C@@H]1O. The summed E-state index contributed by atoms with van der Waals surface area (Å²) in [6, 6.07) is 0. The average Bonchev–Trinajstić information content (AvgIpc) is 3.10. The molecule has 0 spiro atoms. The minimum Gasteiger partial charge on any atom is -0.387 e. The second-order valence-corrected chi connectivity index (χ2v) is 5.02. The van der Waals surface area contributed by atoms with Crippen LogP contribution < -0.4 is 11.3 Å². The van der Waals surface area contributed by atoms with E-state index in [1.807, 2.05) is 0 Å². The maximum absolute atomic E-state index is 10.2. The van der Waals surface area contributed by atoms with Crippen LogP contribution in [0, 0.1) is 11.8 Å². The van der Waals surface area contributed by atoms with E-state index in [-0.39, 0.29) is 5.49 Å². The quantitative estimate of drug-likeness (QED) is 0.233. The summed E-state index contributed by atoms with van der Waals surface area (Å²) in [5.74, 6) is 10.3. The minimum atomic E-state index is -1.31. The molecule has 0 amide bonds. The third kappa shape index (κ3) is 2.45. The Bertz CT molecular complexity index is 834. The van der Waals surface area contributed by atoms with Gasteiger partial charge < -0.3 is 30.9 Å². The predicted octanol–water partition coefficient (Wildman–Crippen LogP) is -2.46. The van der Waals surface area contributed by atoms with Crippen molar-refractivity contribution >= 4 is 11.0 Å². The van der Waals surface area contributed by atoms with Gasteiger partial charge in [0, 0.05) is 0 Å². The van der Waals surface area contributed by atoms with Crippen LogP contribution in [0.25, 0.3) is 11.0 Å². The van der Waals surface area contributed by atoms with E-state index in [2.05, 4.69) is 32.0 Å². The molecule has 1 aliphatic heterocycles. The molecule has 1 unspecified atom stereocenters. The van der Waals surface area contributed by atoms with Gasteiger partial charge in [0.1, 0.15) is 30.1 Å². The number of nitrogens with two attached hydrogens (primary N) is 1. The molecule has 122 valence electrons. The molecule has 3 rings (SSSR count). The first-order chi connectivity index (χ1) is 11.1. The number of hydrogen-bond donors (Lipinski definition) is 5. The summed E-state index contributed by atoms with van der Waals surface area (Å²) in [5, 5.41) is 38.4. The fourth-order valence-electron chi connectivity index (χ4n) is 2.57. The van der Waals surface area contributed by atoms with Gasteiger partial charge in [-0.3, -0.25) is 0 Å². The Morgan fingerprint density at radius 1 is 1.48 bits per heavy atom. The minimum absolute atomic E-state index is 0.270. The number of rotatable bonds is 2. The molecule has 2 aromatic heterocycles. The number of fused-ring (bicyclic) bond motifs is 1. The van der Waals surface area contributed by atoms with Crippen molar-refractivity contribution in [2.75, 3.05) is 0 Å². The van der Waals surface area contributed by atoms with Gasteiger partial charge in [-0.15, -0.1) is 5.92 Å². The lowest BCUT2D eigenvalue weighted by molar-refractivity contribution is -0.0717. The second kappa shape index (κ2) is 5.98. The Hall–Kier alpha value is -2.45. The van der Waals surface area contributed by atoms with Crippen LogP contribution in [0.2, 0.25) is 0 Å². The van der Waals surface area contributed by atoms with E-state index < -0.39 is 30.6 Å². The highest BCUT2D eigenvalue weighted by Gasteiger charge is 2.47. The summed E-state index contributed by atoms with van der Waals surface area (Å²) in [4.78, 5) is 6.82. The Morgan fingerprint density at radius 3 is 2.96 bits per heavy atom. The third-order valence-corrected chi connectivity index (χ3v) is 3.67. The molecule has 0 aromatic carbocycles. The zero-order valence-electron chi connectivity index (χ0n) is 12.2. The number of hydrogen-bond acceptors (Lipinski definition) is 8. The molecule has 1 fully saturated rings. The Balaban J connectivity index is 2.01. The summed E-state index contributed by atoms with van der Waals surface area (Å²) >= 11 is 0. The number of nitrogens with zero attached hydrogens (tertiary/aromatic N) is 4. The highest BCUT2D eigenvalue weighted by Crippen LogP contribution is 2.31. The van der Waals surface area contributed by atoms with Crippen LogP contribution in [0.15, 0.2) is 17.6 Å². The standard InChI is InChI=1S/C13H16N6O4/c1-2-3-7(20)10-8(21)9(22)13(23-10)19-12-6(4-17-19)11(18-14)15-5-16-12/h4-5,7-10,13,20-22H,14H2,1H3,(H,15,16,18)/t7?,8-,9+,10+,13+/m0/s1. The molecule has 10 heteroatoms. The van der Waals surface area contributed by atoms with Crippen LogP contribution in [-0.2, 0) is 4.74 Å². The summed E-state index contributed by atoms with van der Waals surface area (Å²) < 4.78 is 6.91. The highest BCUT2D eigenvalue weighted by molar-refractivity contribution is 5.72. The molecular formula is C13H16N6O4. The molecule has 0 bridgehead atoms. The summed E-state index contributed by atoms with van der Waals surface area (Å²) in [5.41, 5.74) is 0.726. The number of aromatic nitrogens is 4. The van der Waals surface area contributed by atoms with Gasteiger partial charge in [0.05, 0.1) is 17.9 Å². The molecule has 0 saturated carbocycles. The summed E-state index contributed by atoms with van der Waals surface area (Å²) in [6.45, 7) is 1.55. The lowest BCUT2D eigenvalue weighted by Crippen LogP contribution is -2.38. The van der Waals surface area contributed by atoms with E-state index in [4.69, 9.17) is 10.6 Å². The Labute approximate surface area is 130 Å². The smallest absolute Gasteiger partial charge is 0.185 e. The highest BCUT2D eigenvalue weighted by atomic mass is 16.6. The van der Waals surface area contributed by atoms with Crippen LogP contribution >= 0.6 is 0 Å². The number of ether oxygens (including phenoxy) is 1. The van der Waals surface area contributed by atoms with Gasteiger partial charge in [0.15, 0.2) is 11.7 Å². The lowest BCUT2D eigenvalue weighted by atomic mass is 10.1. The second-order valence-electron chi connectivity index (χ2n) is 5.02. The van der Waals surface area contributed by atoms with Crippen molar-refractivity contribution in [1.29, 1.82) is 0 Å². The van der Waals surface area contributed by atoms with Crippen molar-refractivity contribution in [3.8, 4) is 11.8 Å². The van der Waals surface area contributed by atoms with E-state index in [1.54, 1.807) is 6.92 Å². The van der Waals surface area contributed by atoms with E-state index in [0.717, 1.165) is 0 Å². The molecule has 2 aromatic rings. The molecule has 0 aliphatic carbocycles. The van der Waals surface area contributed by atoms with Crippen molar-refractivity contribution in [3.63, 3.8) is 0 Å². The lowest BCUT2D eigenvalue weighted by Gasteiger charge is -2.16. The topological polar surface area (TPSA) is 155 Å². The normalized spacial score (nSPS) is 29.5. The maximum Gasteiger partial charge on any atom is 0.185 e. The van der Waals surface area contributed by atoms with E-state index in [1.165, 1.54) is 17.2 Å². The van der Waals surface area contributed by atoms with Crippen LogP contribution in [0.5, 0.6) is 0 Å². The number of H-pyrrole nitrogens is 1. The molecule has 23 heavy (non-hydrogen) atoms. The molecule has 3 heterocycles. The van der Waals surface area contributed by atoms with Crippen molar-refractivity contribution in [2.24, 2.45) is 10.9 Å². The Kier molecular flexibility index (Phi) is 4.01. The fraction of sp³-hybridized carbons (Fsp3) is 0.462. The monoisotopic (exact) mass is 320 g/mol. The molecule has 10 nitrogen and oxygen atoms in total. The van der Waals surface area contributed by atoms with Crippen molar-refractivity contribution < 1.29 is 20.1 Å². The first kappa shape index (κ1) is 15.4. The average molecular weight is 320 g/mol.